The highest BCUT2D eigenvalue weighted by Crippen LogP contribution is 2.39. The zero-order valence-corrected chi connectivity index (χ0v) is 14.5. The van der Waals surface area contributed by atoms with Gasteiger partial charge < -0.3 is 9.64 Å². The van der Waals surface area contributed by atoms with Crippen LogP contribution in [0.5, 0.6) is 5.75 Å². The minimum Gasteiger partial charge on any atom is -0.497 e. The lowest BCUT2D eigenvalue weighted by atomic mass is 10.1. The molecule has 1 aliphatic rings. The van der Waals surface area contributed by atoms with Gasteiger partial charge in [0.05, 0.1) is 17.4 Å². The van der Waals surface area contributed by atoms with Crippen molar-refractivity contribution >= 4 is 22.1 Å². The average Bonchev–Trinajstić information content (AvgIpc) is 3.51. The van der Waals surface area contributed by atoms with Gasteiger partial charge in [-0.25, -0.2) is 0 Å². The van der Waals surface area contributed by atoms with E-state index >= 15 is 0 Å². The first-order chi connectivity index (χ1) is 12.7. The molecule has 3 aromatic rings. The molecule has 0 N–H and O–H groups in total. The van der Waals surface area contributed by atoms with E-state index in [2.05, 4.69) is 22.0 Å². The van der Waals surface area contributed by atoms with Gasteiger partial charge in [0.2, 0.25) is 0 Å². The van der Waals surface area contributed by atoms with E-state index in [4.69, 9.17) is 4.74 Å². The van der Waals surface area contributed by atoms with Crippen LogP contribution in [0.2, 0.25) is 0 Å². The molecule has 1 heterocycles. The molecule has 0 bridgehead atoms. The summed E-state index contributed by atoms with van der Waals surface area (Å²) in [6.07, 6.45) is 5.54. The number of aromatic nitrogens is 1. The number of rotatable bonds is 6. The van der Waals surface area contributed by atoms with Crippen molar-refractivity contribution in [1.29, 1.82) is 0 Å². The van der Waals surface area contributed by atoms with E-state index in [-0.39, 0.29) is 10.6 Å². The van der Waals surface area contributed by atoms with E-state index in [0.29, 0.717) is 11.4 Å². The van der Waals surface area contributed by atoms with Gasteiger partial charge in [-0.3, -0.25) is 15.1 Å². The normalized spacial score (nSPS) is 13.6. The molecular formula is C20H19N3O3. The summed E-state index contributed by atoms with van der Waals surface area (Å²) >= 11 is 0. The molecule has 4 rings (SSSR count). The maximum absolute atomic E-state index is 11.3. The van der Waals surface area contributed by atoms with Crippen molar-refractivity contribution in [3.8, 4) is 5.75 Å². The Bertz CT molecular complexity index is 952. The van der Waals surface area contributed by atoms with Crippen LogP contribution in [0.25, 0.3) is 10.8 Å². The molecular weight excluding hydrogens is 330 g/mol. The lowest BCUT2D eigenvalue weighted by molar-refractivity contribution is -0.383. The molecule has 26 heavy (non-hydrogen) atoms. The molecule has 1 fully saturated rings. The van der Waals surface area contributed by atoms with Crippen LogP contribution >= 0.6 is 0 Å². The summed E-state index contributed by atoms with van der Waals surface area (Å²) < 4.78 is 5.23. The largest absolute Gasteiger partial charge is 0.497 e. The van der Waals surface area contributed by atoms with Crippen LogP contribution in [-0.2, 0) is 6.54 Å². The third-order valence-electron chi connectivity index (χ3n) is 4.78. The van der Waals surface area contributed by atoms with Gasteiger partial charge in [-0.05, 0) is 42.7 Å². The minimum atomic E-state index is -0.348. The molecule has 1 aliphatic carbocycles. The van der Waals surface area contributed by atoms with Crippen molar-refractivity contribution in [2.75, 3.05) is 12.0 Å². The van der Waals surface area contributed by atoms with E-state index in [1.165, 1.54) is 5.56 Å². The Morgan fingerprint density at radius 2 is 1.92 bits per heavy atom. The highest BCUT2D eigenvalue weighted by Gasteiger charge is 2.31. The Hall–Kier alpha value is -3.15. The number of hydrogen-bond acceptors (Lipinski definition) is 5. The first-order valence-electron chi connectivity index (χ1n) is 8.58. The number of nitro groups is 1. The summed E-state index contributed by atoms with van der Waals surface area (Å²) in [5, 5.41) is 12.8. The van der Waals surface area contributed by atoms with Crippen LogP contribution in [0.3, 0.4) is 0 Å². The number of fused-ring (bicyclic) bond motifs is 1. The topological polar surface area (TPSA) is 68.5 Å². The number of nitro benzene ring substituents is 1. The number of methoxy groups -OCH3 is 1. The molecule has 1 aromatic heterocycles. The number of non-ortho nitro benzene ring substituents is 1. The minimum absolute atomic E-state index is 0.0945. The number of benzene rings is 2. The smallest absolute Gasteiger partial charge is 0.278 e. The van der Waals surface area contributed by atoms with Crippen molar-refractivity contribution in [2.45, 2.75) is 25.4 Å². The van der Waals surface area contributed by atoms with Crippen molar-refractivity contribution in [3.05, 3.63) is 70.5 Å². The fourth-order valence-electron chi connectivity index (χ4n) is 3.29. The van der Waals surface area contributed by atoms with Gasteiger partial charge in [0, 0.05) is 42.1 Å². The van der Waals surface area contributed by atoms with Crippen LogP contribution < -0.4 is 9.64 Å². The lowest BCUT2D eigenvalue weighted by Crippen LogP contribution is -2.25. The van der Waals surface area contributed by atoms with Crippen LogP contribution in [0.1, 0.15) is 18.4 Å². The SMILES string of the molecule is COc1ccc(CN(c2ccc([N+](=O)[O-])c3cnccc23)C2CC2)cc1. The van der Waals surface area contributed by atoms with Crippen molar-refractivity contribution < 1.29 is 9.66 Å². The molecule has 0 saturated heterocycles. The standard InChI is InChI=1S/C20H19N3O3/c1-26-16-6-2-14(3-7-16)13-22(15-4-5-15)19-8-9-20(23(24)25)18-12-21-11-10-17(18)19/h2-3,6-12,15H,4-5,13H2,1H3. The van der Waals surface area contributed by atoms with E-state index in [0.717, 1.165) is 36.2 Å². The summed E-state index contributed by atoms with van der Waals surface area (Å²) in [5.41, 5.74) is 2.29. The summed E-state index contributed by atoms with van der Waals surface area (Å²) in [5.74, 6) is 0.832. The predicted octanol–water partition coefficient (Wildman–Crippen LogP) is 4.32. The van der Waals surface area contributed by atoms with Crippen LogP contribution in [0.15, 0.2) is 54.9 Å². The lowest BCUT2D eigenvalue weighted by Gasteiger charge is -2.26. The molecule has 1 saturated carbocycles. The molecule has 0 amide bonds. The molecule has 2 aromatic carbocycles. The fraction of sp³-hybridized carbons (Fsp3) is 0.250. The number of pyridine rings is 1. The Kier molecular flexibility index (Phi) is 4.16. The third-order valence-corrected chi connectivity index (χ3v) is 4.78. The molecule has 132 valence electrons. The van der Waals surface area contributed by atoms with Gasteiger partial charge in [0.25, 0.3) is 5.69 Å². The second kappa shape index (κ2) is 6.63. The number of nitrogens with zero attached hydrogens (tertiary/aromatic N) is 3. The maximum atomic E-state index is 11.3. The van der Waals surface area contributed by atoms with Crippen molar-refractivity contribution in [3.63, 3.8) is 0 Å². The van der Waals surface area contributed by atoms with Gasteiger partial charge in [0.1, 0.15) is 5.75 Å². The van der Waals surface area contributed by atoms with Gasteiger partial charge in [-0.2, -0.15) is 0 Å². The Morgan fingerprint density at radius 3 is 2.58 bits per heavy atom. The van der Waals surface area contributed by atoms with E-state index < -0.39 is 0 Å². The Morgan fingerprint density at radius 1 is 1.15 bits per heavy atom. The molecule has 6 nitrogen and oxygen atoms in total. The van der Waals surface area contributed by atoms with Crippen LogP contribution in [0.4, 0.5) is 11.4 Å². The average molecular weight is 349 g/mol. The Labute approximate surface area is 151 Å². The quantitative estimate of drug-likeness (QED) is 0.490. The maximum Gasteiger partial charge on any atom is 0.278 e. The Balaban J connectivity index is 1.75. The monoisotopic (exact) mass is 349 g/mol. The zero-order chi connectivity index (χ0) is 18.1. The van der Waals surface area contributed by atoms with Crippen molar-refractivity contribution in [2.24, 2.45) is 0 Å². The molecule has 0 aliphatic heterocycles. The second-order valence-electron chi connectivity index (χ2n) is 6.49. The van der Waals surface area contributed by atoms with E-state index in [9.17, 15) is 10.1 Å². The van der Waals surface area contributed by atoms with Gasteiger partial charge in [-0.1, -0.05) is 12.1 Å². The van der Waals surface area contributed by atoms with Crippen LogP contribution in [-0.4, -0.2) is 23.1 Å². The molecule has 6 heteroatoms. The molecule has 0 unspecified atom stereocenters. The number of ether oxygens (including phenoxy) is 1. The molecule has 0 spiro atoms. The molecule has 0 atom stereocenters. The summed E-state index contributed by atoms with van der Waals surface area (Å²) in [6, 6.07) is 13.8. The number of anilines is 1. The predicted molar refractivity (Wildman–Crippen MR) is 101 cm³/mol. The van der Waals surface area contributed by atoms with E-state index in [1.54, 1.807) is 25.6 Å². The molecule has 0 radical (unpaired) electrons. The highest BCUT2D eigenvalue weighted by molar-refractivity contribution is 5.99. The summed E-state index contributed by atoms with van der Waals surface area (Å²) in [7, 11) is 1.66. The van der Waals surface area contributed by atoms with Crippen molar-refractivity contribution in [1.82, 2.24) is 4.98 Å². The zero-order valence-electron chi connectivity index (χ0n) is 14.5. The van der Waals surface area contributed by atoms with E-state index in [1.807, 2.05) is 24.3 Å². The van der Waals surface area contributed by atoms with Gasteiger partial charge in [0.15, 0.2) is 0 Å². The number of hydrogen-bond donors (Lipinski definition) is 0. The fourth-order valence-corrected chi connectivity index (χ4v) is 3.29. The summed E-state index contributed by atoms with van der Waals surface area (Å²) in [6.45, 7) is 0.754. The van der Waals surface area contributed by atoms with Crippen LogP contribution in [0, 0.1) is 10.1 Å². The van der Waals surface area contributed by atoms with Gasteiger partial charge >= 0.3 is 0 Å². The first kappa shape index (κ1) is 16.3. The second-order valence-corrected chi connectivity index (χ2v) is 6.49. The van der Waals surface area contributed by atoms with Gasteiger partial charge in [-0.15, -0.1) is 0 Å². The highest BCUT2D eigenvalue weighted by atomic mass is 16.6. The third kappa shape index (κ3) is 3.06. The summed E-state index contributed by atoms with van der Waals surface area (Å²) in [4.78, 5) is 17.4. The first-order valence-corrected chi connectivity index (χ1v) is 8.58.